The van der Waals surface area contributed by atoms with E-state index in [0.29, 0.717) is 37.9 Å². The number of aromatic nitrogens is 2. The van der Waals surface area contributed by atoms with Gasteiger partial charge in [0.1, 0.15) is 11.2 Å². The van der Waals surface area contributed by atoms with Crippen molar-refractivity contribution in [1.82, 2.24) is 25.1 Å². The Morgan fingerprint density at radius 1 is 1.13 bits per heavy atom. The molecule has 2 N–H and O–H groups in total. The van der Waals surface area contributed by atoms with Gasteiger partial charge >= 0.3 is 0 Å². The van der Waals surface area contributed by atoms with Gasteiger partial charge in [0.2, 0.25) is 5.91 Å². The molecule has 0 saturated carbocycles. The van der Waals surface area contributed by atoms with Gasteiger partial charge in [-0.3, -0.25) is 14.4 Å². The number of nitrogens with zero attached hydrogens (tertiary/aromatic N) is 3. The zero-order valence-electron chi connectivity index (χ0n) is 19.2. The summed E-state index contributed by atoms with van der Waals surface area (Å²) in [6.07, 6.45) is 3.94. The Balaban J connectivity index is 2.26. The number of carbonyl (C=O) groups is 3. The Kier molecular flexibility index (Phi) is 8.03. The molecule has 0 bridgehead atoms. The van der Waals surface area contributed by atoms with Crippen LogP contribution in [0.2, 0.25) is 0 Å². The lowest BCUT2D eigenvalue weighted by atomic mass is 9.93. The number of carbonyl (C=O) groups excluding carboxylic acids is 3. The molecule has 1 aliphatic heterocycles. The van der Waals surface area contributed by atoms with Crippen LogP contribution in [0.15, 0.2) is 6.33 Å². The second-order valence-electron chi connectivity index (χ2n) is 9.18. The van der Waals surface area contributed by atoms with Crippen molar-refractivity contribution in [3.05, 3.63) is 17.7 Å². The molecule has 0 unspecified atom stereocenters. The molecule has 2 heterocycles. The topological polar surface area (TPSA) is 96.3 Å². The lowest BCUT2D eigenvalue weighted by Crippen LogP contribution is -2.64. The van der Waals surface area contributed by atoms with Crippen molar-refractivity contribution in [3.63, 3.8) is 0 Å². The van der Waals surface area contributed by atoms with E-state index in [1.165, 1.54) is 6.33 Å². The molecular weight excluding hydrogens is 382 g/mol. The zero-order chi connectivity index (χ0) is 22.5. The summed E-state index contributed by atoms with van der Waals surface area (Å²) in [5, 5.41) is 5.84. The Labute approximate surface area is 179 Å². The number of fused-ring (bicyclic) bond motifs is 1. The van der Waals surface area contributed by atoms with E-state index in [9.17, 15) is 14.4 Å². The first-order valence-corrected chi connectivity index (χ1v) is 11.0. The van der Waals surface area contributed by atoms with E-state index in [-0.39, 0.29) is 35.7 Å². The van der Waals surface area contributed by atoms with Crippen LogP contribution in [-0.2, 0) is 11.3 Å². The Morgan fingerprint density at radius 3 is 2.30 bits per heavy atom. The molecule has 8 nitrogen and oxygen atoms in total. The molecule has 3 amide bonds. The fourth-order valence-electron chi connectivity index (χ4n) is 3.65. The largest absolute Gasteiger partial charge is 0.354 e. The molecule has 1 aromatic heterocycles. The van der Waals surface area contributed by atoms with Gasteiger partial charge in [-0.1, -0.05) is 34.6 Å². The Hall–Kier alpha value is -2.38. The minimum absolute atomic E-state index is 0.132. The minimum atomic E-state index is -1.02. The minimum Gasteiger partial charge on any atom is -0.354 e. The zero-order valence-corrected chi connectivity index (χ0v) is 19.2. The fourth-order valence-corrected chi connectivity index (χ4v) is 3.65. The second kappa shape index (κ2) is 10.1. The van der Waals surface area contributed by atoms with Crippen molar-refractivity contribution >= 4 is 17.7 Å². The average Bonchev–Trinajstić information content (AvgIpc) is 3.08. The van der Waals surface area contributed by atoms with Gasteiger partial charge in [0.05, 0.1) is 12.9 Å². The van der Waals surface area contributed by atoms with E-state index in [0.717, 1.165) is 12.8 Å². The summed E-state index contributed by atoms with van der Waals surface area (Å²) in [5.74, 6) is 0.107. The maximum Gasteiger partial charge on any atom is 0.273 e. The maximum absolute atomic E-state index is 13.4. The number of rotatable bonds is 10. The smallest absolute Gasteiger partial charge is 0.273 e. The molecule has 1 aromatic rings. The molecule has 0 radical (unpaired) electrons. The summed E-state index contributed by atoms with van der Waals surface area (Å²) in [5.41, 5.74) is -0.631. The first-order chi connectivity index (χ1) is 14.1. The van der Waals surface area contributed by atoms with E-state index in [2.05, 4.69) is 43.3 Å². The van der Waals surface area contributed by atoms with Crippen molar-refractivity contribution in [2.24, 2.45) is 11.8 Å². The summed E-state index contributed by atoms with van der Waals surface area (Å²) in [6.45, 7) is 14.0. The highest BCUT2D eigenvalue weighted by Crippen LogP contribution is 2.29. The molecule has 168 valence electrons. The first kappa shape index (κ1) is 23.9. The van der Waals surface area contributed by atoms with Crippen LogP contribution in [0, 0.1) is 11.8 Å². The quantitative estimate of drug-likeness (QED) is 0.609. The summed E-state index contributed by atoms with van der Waals surface area (Å²) in [7, 11) is 0. The molecular formula is C22H37N5O3. The fraction of sp³-hybridized carbons (Fsp3) is 0.727. The molecule has 2 rings (SSSR count). The number of amides is 3. The number of hydrogen-bond donors (Lipinski definition) is 2. The molecule has 8 heteroatoms. The predicted molar refractivity (Wildman–Crippen MR) is 116 cm³/mol. The molecule has 0 spiro atoms. The van der Waals surface area contributed by atoms with Crippen molar-refractivity contribution < 1.29 is 14.4 Å². The monoisotopic (exact) mass is 419 g/mol. The summed E-state index contributed by atoms with van der Waals surface area (Å²) >= 11 is 0. The first-order valence-electron chi connectivity index (χ1n) is 11.0. The van der Waals surface area contributed by atoms with Crippen LogP contribution in [0.25, 0.3) is 0 Å². The summed E-state index contributed by atoms with van der Waals surface area (Å²) in [6, 6.07) is 0. The third-order valence-electron chi connectivity index (χ3n) is 5.53. The Bertz CT molecular complexity index is 771. The molecule has 1 aliphatic rings. The molecule has 0 aromatic carbocycles. The van der Waals surface area contributed by atoms with Crippen molar-refractivity contribution in [2.75, 3.05) is 19.6 Å². The second-order valence-corrected chi connectivity index (χ2v) is 9.18. The van der Waals surface area contributed by atoms with Crippen molar-refractivity contribution in [1.29, 1.82) is 0 Å². The lowest BCUT2D eigenvalue weighted by molar-refractivity contribution is -0.132. The van der Waals surface area contributed by atoms with Crippen molar-refractivity contribution in [2.45, 2.75) is 72.9 Å². The normalized spacial score (nSPS) is 18.7. The van der Waals surface area contributed by atoms with E-state index >= 15 is 0 Å². The van der Waals surface area contributed by atoms with Gasteiger partial charge in [-0.15, -0.1) is 0 Å². The van der Waals surface area contributed by atoms with Crippen LogP contribution in [0.5, 0.6) is 0 Å². The van der Waals surface area contributed by atoms with Crippen LogP contribution in [0.1, 0.15) is 81.8 Å². The molecule has 0 fully saturated rings. The summed E-state index contributed by atoms with van der Waals surface area (Å²) in [4.78, 5) is 44.9. The van der Waals surface area contributed by atoms with Crippen LogP contribution in [0.4, 0.5) is 0 Å². The van der Waals surface area contributed by atoms with Crippen LogP contribution in [-0.4, -0.2) is 57.3 Å². The average molecular weight is 420 g/mol. The number of nitrogens with one attached hydrogen (secondary N) is 2. The van der Waals surface area contributed by atoms with Gasteiger partial charge in [0, 0.05) is 19.6 Å². The van der Waals surface area contributed by atoms with E-state index < -0.39 is 5.54 Å². The van der Waals surface area contributed by atoms with E-state index in [1.54, 1.807) is 16.4 Å². The molecule has 30 heavy (non-hydrogen) atoms. The lowest BCUT2D eigenvalue weighted by Gasteiger charge is -2.43. The van der Waals surface area contributed by atoms with Crippen LogP contribution < -0.4 is 10.6 Å². The van der Waals surface area contributed by atoms with E-state index in [4.69, 9.17) is 0 Å². The predicted octanol–water partition coefficient (Wildman–Crippen LogP) is 2.45. The number of imidazole rings is 1. The number of hydrogen-bond acceptors (Lipinski definition) is 4. The van der Waals surface area contributed by atoms with Gasteiger partial charge in [-0.2, -0.15) is 0 Å². The van der Waals surface area contributed by atoms with Gasteiger partial charge in [0.15, 0.2) is 5.69 Å². The van der Waals surface area contributed by atoms with Gasteiger partial charge in [-0.25, -0.2) is 4.98 Å². The highest BCUT2D eigenvalue weighted by molar-refractivity contribution is 6.07. The molecule has 0 saturated heterocycles. The third-order valence-corrected chi connectivity index (χ3v) is 5.53. The molecule has 0 aliphatic carbocycles. The van der Waals surface area contributed by atoms with Crippen molar-refractivity contribution in [3.8, 4) is 0 Å². The van der Waals surface area contributed by atoms with Gasteiger partial charge < -0.3 is 20.1 Å². The highest BCUT2D eigenvalue weighted by atomic mass is 16.2. The standard InChI is InChI=1S/C22H37N5O3/c1-7-12-27-20(29)18-17(19(28)23-10-8-15(2)3)25-14-26(18)13-22(27,6)21(30)24-11-9-16(4)5/h14-16H,7-13H2,1-6H3,(H,23,28)(H,24,30)/t22-/m1/s1. The van der Waals surface area contributed by atoms with Crippen LogP contribution >= 0.6 is 0 Å². The highest BCUT2D eigenvalue weighted by Gasteiger charge is 2.48. The van der Waals surface area contributed by atoms with Gasteiger partial charge in [-0.05, 0) is 38.0 Å². The Morgan fingerprint density at radius 2 is 1.73 bits per heavy atom. The third kappa shape index (κ3) is 5.21. The SMILES string of the molecule is CCCN1C(=O)c2c(C(=O)NCCC(C)C)ncn2C[C@]1(C)C(=O)NCCC(C)C. The van der Waals surface area contributed by atoms with E-state index in [1.807, 2.05) is 6.92 Å². The van der Waals surface area contributed by atoms with Crippen LogP contribution in [0.3, 0.4) is 0 Å². The maximum atomic E-state index is 13.4. The summed E-state index contributed by atoms with van der Waals surface area (Å²) < 4.78 is 1.65. The molecule has 1 atom stereocenters. The van der Waals surface area contributed by atoms with Gasteiger partial charge in [0.25, 0.3) is 11.8 Å².